The second-order valence-electron chi connectivity index (χ2n) is 5.56. The first-order chi connectivity index (χ1) is 11.8. The minimum absolute atomic E-state index is 0.0224. The van der Waals surface area contributed by atoms with Gasteiger partial charge in [-0.3, -0.25) is 4.79 Å². The van der Waals surface area contributed by atoms with Crippen LogP contribution in [0.4, 0.5) is 10.3 Å². The maximum Gasteiger partial charge on any atom is 0.240 e. The number of fused-ring (bicyclic) bond motifs is 1. The molecule has 0 fully saturated rings. The summed E-state index contributed by atoms with van der Waals surface area (Å²) in [7, 11) is -3.86. The molecule has 3 rings (SSSR count). The molecule has 1 aromatic heterocycles. The van der Waals surface area contributed by atoms with Crippen molar-refractivity contribution >= 4 is 21.9 Å². The normalized spacial score (nSPS) is 13.7. The molecular formula is C15H16FN5O3S. The highest BCUT2D eigenvalue weighted by atomic mass is 32.2. The largest absolute Gasteiger partial charge is 0.368 e. The van der Waals surface area contributed by atoms with Crippen molar-refractivity contribution in [1.29, 1.82) is 0 Å². The SMILES string of the molecule is Nc1ncc2c(n1)CN(C(=O)CCNS(=O)(=O)c1cccc(F)c1)C2. The van der Waals surface area contributed by atoms with Crippen LogP contribution in [0.1, 0.15) is 17.7 Å². The number of sulfonamides is 1. The molecule has 1 aliphatic heterocycles. The maximum atomic E-state index is 13.1. The number of halogens is 1. The molecular weight excluding hydrogens is 349 g/mol. The summed E-state index contributed by atoms with van der Waals surface area (Å²) in [5.74, 6) is -0.719. The number of nitrogens with two attached hydrogens (primary N) is 1. The maximum absolute atomic E-state index is 13.1. The lowest BCUT2D eigenvalue weighted by Crippen LogP contribution is -2.31. The average Bonchev–Trinajstić information content (AvgIpc) is 2.98. The van der Waals surface area contributed by atoms with Gasteiger partial charge in [-0.25, -0.2) is 27.5 Å². The van der Waals surface area contributed by atoms with Crippen LogP contribution in [0.5, 0.6) is 0 Å². The van der Waals surface area contributed by atoms with Crippen LogP contribution in [0.3, 0.4) is 0 Å². The molecule has 25 heavy (non-hydrogen) atoms. The smallest absolute Gasteiger partial charge is 0.240 e. The molecule has 3 N–H and O–H groups in total. The second kappa shape index (κ2) is 6.73. The Morgan fingerprint density at radius 2 is 2.16 bits per heavy atom. The van der Waals surface area contributed by atoms with E-state index in [-0.39, 0.29) is 29.7 Å². The number of hydrogen-bond donors (Lipinski definition) is 2. The molecule has 2 heterocycles. The number of nitrogens with one attached hydrogen (secondary N) is 1. The van der Waals surface area contributed by atoms with Crippen molar-refractivity contribution in [3.05, 3.63) is 47.5 Å². The molecule has 0 spiro atoms. The van der Waals surface area contributed by atoms with Crippen LogP contribution in [0.2, 0.25) is 0 Å². The first-order valence-electron chi connectivity index (χ1n) is 7.48. The summed E-state index contributed by atoms with van der Waals surface area (Å²) in [6.45, 7) is 0.598. The number of anilines is 1. The molecule has 0 atom stereocenters. The summed E-state index contributed by atoms with van der Waals surface area (Å²) >= 11 is 0. The Morgan fingerprint density at radius 1 is 1.36 bits per heavy atom. The third-order valence-corrected chi connectivity index (χ3v) is 5.22. The molecule has 0 aliphatic carbocycles. The second-order valence-corrected chi connectivity index (χ2v) is 7.32. The zero-order valence-corrected chi connectivity index (χ0v) is 14.0. The molecule has 0 saturated carbocycles. The van der Waals surface area contributed by atoms with E-state index in [1.54, 1.807) is 11.1 Å². The number of aromatic nitrogens is 2. The Hall–Kier alpha value is -2.59. The summed E-state index contributed by atoms with van der Waals surface area (Å²) in [6.07, 6.45) is 1.56. The van der Waals surface area contributed by atoms with Crippen LogP contribution in [-0.4, -0.2) is 35.7 Å². The topological polar surface area (TPSA) is 118 Å². The lowest BCUT2D eigenvalue weighted by molar-refractivity contribution is -0.131. The first-order valence-corrected chi connectivity index (χ1v) is 8.97. The predicted octanol–water partition coefficient (Wildman–Crippen LogP) is 0.409. The molecule has 0 radical (unpaired) electrons. The molecule has 0 unspecified atom stereocenters. The van der Waals surface area contributed by atoms with Crippen molar-refractivity contribution < 1.29 is 17.6 Å². The summed E-state index contributed by atoms with van der Waals surface area (Å²) in [4.78, 5) is 21.6. The van der Waals surface area contributed by atoms with E-state index >= 15 is 0 Å². The highest BCUT2D eigenvalue weighted by Crippen LogP contribution is 2.21. The standard InChI is InChI=1S/C15H16FN5O3S/c16-11-2-1-3-12(6-11)25(23,24)19-5-4-14(22)21-8-10-7-18-15(17)20-13(10)9-21/h1-3,6-7,19H,4-5,8-9H2,(H2,17,18,20). The van der Waals surface area contributed by atoms with Gasteiger partial charge in [0.1, 0.15) is 5.82 Å². The Bertz CT molecular complexity index is 919. The van der Waals surface area contributed by atoms with Gasteiger partial charge in [0.05, 0.1) is 17.1 Å². The lowest BCUT2D eigenvalue weighted by Gasteiger charge is -2.15. The molecule has 1 amide bonds. The fourth-order valence-electron chi connectivity index (χ4n) is 2.51. The van der Waals surface area contributed by atoms with Crippen LogP contribution >= 0.6 is 0 Å². The molecule has 132 valence electrons. The van der Waals surface area contributed by atoms with Gasteiger partial charge in [0, 0.05) is 31.3 Å². The van der Waals surface area contributed by atoms with E-state index in [1.165, 1.54) is 12.1 Å². The molecule has 2 aromatic rings. The predicted molar refractivity (Wildman–Crippen MR) is 86.9 cm³/mol. The molecule has 1 aliphatic rings. The monoisotopic (exact) mass is 365 g/mol. The van der Waals surface area contributed by atoms with Gasteiger partial charge < -0.3 is 10.6 Å². The Kier molecular flexibility index (Phi) is 4.64. The first kappa shape index (κ1) is 17.2. The van der Waals surface area contributed by atoms with Gasteiger partial charge in [-0.05, 0) is 18.2 Å². The summed E-state index contributed by atoms with van der Waals surface area (Å²) in [6, 6.07) is 4.67. The van der Waals surface area contributed by atoms with Gasteiger partial charge in [0.15, 0.2) is 0 Å². The number of nitrogen functional groups attached to an aromatic ring is 1. The van der Waals surface area contributed by atoms with Crippen LogP contribution in [0.25, 0.3) is 0 Å². The van der Waals surface area contributed by atoms with Gasteiger partial charge in [-0.1, -0.05) is 6.07 Å². The van der Waals surface area contributed by atoms with Crippen molar-refractivity contribution in [1.82, 2.24) is 19.6 Å². The van der Waals surface area contributed by atoms with E-state index in [9.17, 15) is 17.6 Å². The fraction of sp³-hybridized carbons (Fsp3) is 0.267. The van der Waals surface area contributed by atoms with E-state index < -0.39 is 15.8 Å². The van der Waals surface area contributed by atoms with E-state index in [0.29, 0.717) is 18.8 Å². The Labute approximate surface area is 143 Å². The number of amides is 1. The minimum Gasteiger partial charge on any atom is -0.368 e. The van der Waals surface area contributed by atoms with Crippen molar-refractivity contribution in [3.63, 3.8) is 0 Å². The highest BCUT2D eigenvalue weighted by molar-refractivity contribution is 7.89. The van der Waals surface area contributed by atoms with Crippen molar-refractivity contribution in [2.45, 2.75) is 24.4 Å². The van der Waals surface area contributed by atoms with Crippen LogP contribution in [0.15, 0.2) is 35.4 Å². The summed E-state index contributed by atoms with van der Waals surface area (Å²) in [5, 5.41) is 0. The van der Waals surface area contributed by atoms with Crippen molar-refractivity contribution in [3.8, 4) is 0 Å². The average molecular weight is 365 g/mol. The lowest BCUT2D eigenvalue weighted by atomic mass is 10.3. The van der Waals surface area contributed by atoms with E-state index in [0.717, 1.165) is 17.7 Å². The van der Waals surface area contributed by atoms with E-state index in [4.69, 9.17) is 5.73 Å². The van der Waals surface area contributed by atoms with Gasteiger partial charge in [0.25, 0.3) is 0 Å². The third kappa shape index (κ3) is 3.91. The van der Waals surface area contributed by atoms with Crippen LogP contribution in [-0.2, 0) is 27.9 Å². The van der Waals surface area contributed by atoms with Gasteiger partial charge in [0.2, 0.25) is 21.9 Å². The van der Waals surface area contributed by atoms with Gasteiger partial charge >= 0.3 is 0 Å². The number of benzene rings is 1. The minimum atomic E-state index is -3.86. The highest BCUT2D eigenvalue weighted by Gasteiger charge is 2.25. The zero-order chi connectivity index (χ0) is 18.0. The Morgan fingerprint density at radius 3 is 2.92 bits per heavy atom. The number of nitrogens with zero attached hydrogens (tertiary/aromatic N) is 3. The molecule has 0 saturated heterocycles. The van der Waals surface area contributed by atoms with Gasteiger partial charge in [-0.15, -0.1) is 0 Å². The third-order valence-electron chi connectivity index (χ3n) is 3.76. The molecule has 0 bridgehead atoms. The quantitative estimate of drug-likeness (QED) is 0.792. The number of hydrogen-bond acceptors (Lipinski definition) is 6. The summed E-state index contributed by atoms with van der Waals surface area (Å²) < 4.78 is 39.6. The number of carbonyl (C=O) groups excluding carboxylic acids is 1. The van der Waals surface area contributed by atoms with E-state index in [2.05, 4.69) is 14.7 Å². The van der Waals surface area contributed by atoms with E-state index in [1.807, 2.05) is 0 Å². The van der Waals surface area contributed by atoms with Crippen LogP contribution < -0.4 is 10.5 Å². The Balaban J connectivity index is 1.55. The molecule has 10 heteroatoms. The van der Waals surface area contributed by atoms with Gasteiger partial charge in [-0.2, -0.15) is 0 Å². The molecule has 1 aromatic carbocycles. The molecule has 8 nitrogen and oxygen atoms in total. The summed E-state index contributed by atoms with van der Waals surface area (Å²) in [5.41, 5.74) is 7.03. The fourth-order valence-corrected chi connectivity index (χ4v) is 3.58. The number of rotatable bonds is 5. The van der Waals surface area contributed by atoms with Crippen LogP contribution in [0, 0.1) is 5.82 Å². The van der Waals surface area contributed by atoms with Crippen molar-refractivity contribution in [2.24, 2.45) is 0 Å². The van der Waals surface area contributed by atoms with Crippen molar-refractivity contribution in [2.75, 3.05) is 12.3 Å². The zero-order valence-electron chi connectivity index (χ0n) is 13.1. The number of carbonyl (C=O) groups is 1.